The molecule has 1 aromatic rings. The average Bonchev–Trinajstić information content (AvgIpc) is 2.71. The second-order valence-electron chi connectivity index (χ2n) is 3.39. The van der Waals surface area contributed by atoms with Crippen molar-refractivity contribution in [3.05, 3.63) is 11.9 Å². The predicted molar refractivity (Wildman–Crippen MR) is 45.6 cm³/mol. The zero-order valence-corrected chi connectivity index (χ0v) is 7.22. The van der Waals surface area contributed by atoms with E-state index >= 15 is 0 Å². The largest absolute Gasteiger partial charge is 0.328 e. The smallest absolute Gasteiger partial charge is 0.182 e. The molecule has 0 aromatic carbocycles. The van der Waals surface area contributed by atoms with Crippen molar-refractivity contribution in [1.82, 2.24) is 15.0 Å². The van der Waals surface area contributed by atoms with Crippen molar-refractivity contribution in [2.45, 2.75) is 31.3 Å². The van der Waals surface area contributed by atoms with Crippen molar-refractivity contribution in [1.29, 1.82) is 5.26 Å². The number of rotatable bonds is 1. The zero-order chi connectivity index (χ0) is 9.26. The van der Waals surface area contributed by atoms with E-state index in [1.54, 1.807) is 4.80 Å². The highest BCUT2D eigenvalue weighted by molar-refractivity contribution is 5.12. The van der Waals surface area contributed by atoms with Gasteiger partial charge in [0.25, 0.3) is 0 Å². The Morgan fingerprint density at radius 3 is 3.00 bits per heavy atom. The van der Waals surface area contributed by atoms with Gasteiger partial charge in [0.1, 0.15) is 6.07 Å². The Hall–Kier alpha value is -1.41. The SMILES string of the molecule is N#Cc1cnn(C2CCC(N)C2)n1. The van der Waals surface area contributed by atoms with E-state index in [0.29, 0.717) is 5.69 Å². The Labute approximate surface area is 76.1 Å². The third-order valence-corrected chi connectivity index (χ3v) is 2.40. The molecule has 2 N–H and O–H groups in total. The number of hydrogen-bond donors (Lipinski definition) is 1. The normalized spacial score (nSPS) is 27.4. The van der Waals surface area contributed by atoms with Crippen LogP contribution in [0.3, 0.4) is 0 Å². The molecule has 0 radical (unpaired) electrons. The summed E-state index contributed by atoms with van der Waals surface area (Å²) in [4.78, 5) is 1.62. The maximum Gasteiger partial charge on any atom is 0.182 e. The highest BCUT2D eigenvalue weighted by Crippen LogP contribution is 2.27. The Morgan fingerprint density at radius 2 is 2.46 bits per heavy atom. The summed E-state index contributed by atoms with van der Waals surface area (Å²) >= 11 is 0. The number of nitrogens with two attached hydrogens (primary N) is 1. The molecular formula is C8H11N5. The Bertz CT molecular complexity index is 337. The highest BCUT2D eigenvalue weighted by Gasteiger charge is 2.24. The first kappa shape index (κ1) is 8.20. The van der Waals surface area contributed by atoms with E-state index in [9.17, 15) is 0 Å². The summed E-state index contributed by atoms with van der Waals surface area (Å²) in [7, 11) is 0. The van der Waals surface area contributed by atoms with Crippen LogP contribution in [0.15, 0.2) is 6.20 Å². The molecule has 68 valence electrons. The zero-order valence-electron chi connectivity index (χ0n) is 7.22. The number of nitriles is 1. The lowest BCUT2D eigenvalue weighted by Gasteiger charge is -2.06. The lowest BCUT2D eigenvalue weighted by Crippen LogP contribution is -2.17. The summed E-state index contributed by atoms with van der Waals surface area (Å²) in [5.41, 5.74) is 6.14. The van der Waals surface area contributed by atoms with Gasteiger partial charge in [0.2, 0.25) is 0 Å². The number of hydrogen-bond acceptors (Lipinski definition) is 4. The standard InChI is InChI=1S/C8H11N5/c9-4-7-5-11-13(12-7)8-2-1-6(10)3-8/h5-6,8H,1-3,10H2. The molecular weight excluding hydrogens is 166 g/mol. The molecule has 0 aliphatic heterocycles. The Kier molecular flexibility index (Phi) is 1.99. The van der Waals surface area contributed by atoms with Crippen LogP contribution in [0.25, 0.3) is 0 Å². The molecule has 1 aliphatic rings. The van der Waals surface area contributed by atoms with Gasteiger partial charge in [0.15, 0.2) is 5.69 Å². The summed E-state index contributed by atoms with van der Waals surface area (Å²) in [5, 5.41) is 16.6. The van der Waals surface area contributed by atoms with Crippen LogP contribution in [0, 0.1) is 11.3 Å². The molecule has 1 saturated carbocycles. The molecule has 5 heteroatoms. The van der Waals surface area contributed by atoms with Crippen molar-refractivity contribution >= 4 is 0 Å². The van der Waals surface area contributed by atoms with E-state index in [0.717, 1.165) is 19.3 Å². The minimum absolute atomic E-state index is 0.265. The molecule has 1 aromatic heterocycles. The van der Waals surface area contributed by atoms with E-state index < -0.39 is 0 Å². The number of aromatic nitrogens is 3. The Balaban J connectivity index is 2.13. The van der Waals surface area contributed by atoms with E-state index in [-0.39, 0.29) is 12.1 Å². The van der Waals surface area contributed by atoms with Crippen LogP contribution in [0.2, 0.25) is 0 Å². The van der Waals surface area contributed by atoms with E-state index in [2.05, 4.69) is 10.2 Å². The summed E-state index contributed by atoms with van der Waals surface area (Å²) < 4.78 is 0. The average molecular weight is 177 g/mol. The van der Waals surface area contributed by atoms with Crippen LogP contribution < -0.4 is 5.73 Å². The van der Waals surface area contributed by atoms with Crippen molar-refractivity contribution in [2.75, 3.05) is 0 Å². The lowest BCUT2D eigenvalue weighted by atomic mass is 10.2. The Morgan fingerprint density at radius 1 is 1.62 bits per heavy atom. The molecule has 0 bridgehead atoms. The highest BCUT2D eigenvalue weighted by atomic mass is 15.5. The fourth-order valence-corrected chi connectivity index (χ4v) is 1.70. The maximum atomic E-state index is 8.56. The van der Waals surface area contributed by atoms with Crippen LogP contribution in [0.1, 0.15) is 31.0 Å². The second kappa shape index (κ2) is 3.15. The van der Waals surface area contributed by atoms with Crippen molar-refractivity contribution < 1.29 is 0 Å². The van der Waals surface area contributed by atoms with Crippen LogP contribution >= 0.6 is 0 Å². The summed E-state index contributed by atoms with van der Waals surface area (Å²) in [5.74, 6) is 0. The van der Waals surface area contributed by atoms with E-state index in [4.69, 9.17) is 11.0 Å². The first-order valence-corrected chi connectivity index (χ1v) is 4.37. The molecule has 1 fully saturated rings. The van der Waals surface area contributed by atoms with Gasteiger partial charge in [-0.3, -0.25) is 0 Å². The molecule has 0 saturated heterocycles. The fraction of sp³-hybridized carbons (Fsp3) is 0.625. The van der Waals surface area contributed by atoms with E-state index in [1.807, 2.05) is 6.07 Å². The lowest BCUT2D eigenvalue weighted by molar-refractivity contribution is 0.408. The minimum Gasteiger partial charge on any atom is -0.328 e. The maximum absolute atomic E-state index is 8.56. The van der Waals surface area contributed by atoms with Crippen molar-refractivity contribution in [2.24, 2.45) is 5.73 Å². The minimum atomic E-state index is 0.265. The fourth-order valence-electron chi connectivity index (χ4n) is 1.70. The molecule has 2 atom stereocenters. The molecule has 2 unspecified atom stereocenters. The summed E-state index contributed by atoms with van der Waals surface area (Å²) in [6.07, 6.45) is 4.44. The third-order valence-electron chi connectivity index (χ3n) is 2.40. The molecule has 5 nitrogen and oxygen atoms in total. The van der Waals surface area contributed by atoms with Gasteiger partial charge in [-0.05, 0) is 19.3 Å². The van der Waals surface area contributed by atoms with Gasteiger partial charge >= 0.3 is 0 Å². The number of nitrogens with zero attached hydrogens (tertiary/aromatic N) is 4. The van der Waals surface area contributed by atoms with Crippen LogP contribution in [-0.4, -0.2) is 21.0 Å². The van der Waals surface area contributed by atoms with Crippen LogP contribution in [-0.2, 0) is 0 Å². The molecule has 2 rings (SSSR count). The molecule has 1 aliphatic carbocycles. The van der Waals surface area contributed by atoms with Gasteiger partial charge in [-0.1, -0.05) is 0 Å². The predicted octanol–water partition coefficient (Wildman–Crippen LogP) is 0.202. The van der Waals surface area contributed by atoms with Gasteiger partial charge in [0.05, 0.1) is 12.2 Å². The van der Waals surface area contributed by atoms with Gasteiger partial charge in [-0.2, -0.15) is 15.2 Å². The molecule has 1 heterocycles. The summed E-state index contributed by atoms with van der Waals surface area (Å²) in [6.45, 7) is 0. The van der Waals surface area contributed by atoms with Crippen LogP contribution in [0.4, 0.5) is 0 Å². The van der Waals surface area contributed by atoms with Gasteiger partial charge in [-0.25, -0.2) is 0 Å². The monoisotopic (exact) mass is 177 g/mol. The molecule has 0 spiro atoms. The van der Waals surface area contributed by atoms with E-state index in [1.165, 1.54) is 6.20 Å². The van der Waals surface area contributed by atoms with Gasteiger partial charge < -0.3 is 5.73 Å². The first-order chi connectivity index (χ1) is 6.29. The first-order valence-electron chi connectivity index (χ1n) is 4.37. The van der Waals surface area contributed by atoms with Gasteiger partial charge in [-0.15, -0.1) is 5.10 Å². The topological polar surface area (TPSA) is 80.5 Å². The van der Waals surface area contributed by atoms with Crippen molar-refractivity contribution in [3.8, 4) is 6.07 Å². The molecule has 0 amide bonds. The van der Waals surface area contributed by atoms with Crippen LogP contribution in [0.5, 0.6) is 0 Å². The third kappa shape index (κ3) is 1.53. The quantitative estimate of drug-likeness (QED) is 0.664. The second-order valence-corrected chi connectivity index (χ2v) is 3.39. The summed E-state index contributed by atoms with van der Waals surface area (Å²) in [6, 6.07) is 2.51. The van der Waals surface area contributed by atoms with Gasteiger partial charge in [0, 0.05) is 6.04 Å². The molecule has 13 heavy (non-hydrogen) atoms. The van der Waals surface area contributed by atoms with Crippen molar-refractivity contribution in [3.63, 3.8) is 0 Å².